The Bertz CT molecular complexity index is 3890. The highest BCUT2D eigenvalue weighted by molar-refractivity contribution is 6.99. The van der Waals surface area contributed by atoms with Crippen molar-refractivity contribution in [1.29, 1.82) is 0 Å². The summed E-state index contributed by atoms with van der Waals surface area (Å²) in [5, 5.41) is 4.99. The quantitative estimate of drug-likeness (QED) is 0.0953. The highest BCUT2D eigenvalue weighted by atomic mass is 16.5. The lowest BCUT2D eigenvalue weighted by atomic mass is 9.34. The second kappa shape index (κ2) is 17.4. The van der Waals surface area contributed by atoms with Crippen molar-refractivity contribution >= 4 is 83.8 Å². The summed E-state index contributed by atoms with van der Waals surface area (Å²) in [4.78, 5) is 2.62. The number of fused-ring (bicyclic) bond motifs is 10. The summed E-state index contributed by atoms with van der Waals surface area (Å²) in [7, 11) is 0. The van der Waals surface area contributed by atoms with Gasteiger partial charge in [0.15, 0.2) is 0 Å². The van der Waals surface area contributed by atoms with Crippen molar-refractivity contribution in [3.05, 3.63) is 230 Å². The summed E-state index contributed by atoms with van der Waals surface area (Å²) in [6.45, 7) is 2.20. The molecule has 0 amide bonds. The number of rotatable bonds is 11. The van der Waals surface area contributed by atoms with Crippen LogP contribution < -0.4 is 26.0 Å². The molecule has 2 aromatic heterocycles. The highest BCUT2D eigenvalue weighted by Gasteiger charge is 2.43. The smallest absolute Gasteiger partial charge is 0.256 e. The van der Waals surface area contributed by atoms with Crippen molar-refractivity contribution in [3.8, 4) is 45.1 Å². The number of unbranched alkanes of at least 4 members (excludes halogenated alkanes) is 4. The molecule has 0 saturated heterocycles. The summed E-state index contributed by atoms with van der Waals surface area (Å²) in [6, 6.07) is 83.1. The summed E-state index contributed by atoms with van der Waals surface area (Å²) in [5.41, 5.74) is 20.1. The Hall–Kier alpha value is -8.54. The van der Waals surface area contributed by atoms with Gasteiger partial charge in [-0.05, 0) is 101 Å². The number of para-hydroxylation sites is 5. The van der Waals surface area contributed by atoms with E-state index in [1.807, 2.05) is 0 Å². The van der Waals surface area contributed by atoms with Crippen LogP contribution in [-0.4, -0.2) is 15.8 Å². The van der Waals surface area contributed by atoms with Crippen LogP contribution in [0.1, 0.15) is 44.6 Å². The maximum Gasteiger partial charge on any atom is 0.256 e. The van der Waals surface area contributed by atoms with Crippen molar-refractivity contribution in [2.45, 2.75) is 45.4 Å². The number of ether oxygens (including phenoxy) is 1. The third kappa shape index (κ3) is 6.75. The first-order chi connectivity index (χ1) is 35.7. The minimum absolute atomic E-state index is 0.0907. The van der Waals surface area contributed by atoms with E-state index in [0.29, 0.717) is 0 Å². The molecule has 2 aliphatic heterocycles. The molecule has 4 heterocycles. The number of anilines is 3. The second-order valence-electron chi connectivity index (χ2n) is 19.7. The number of nitrogens with zero attached hydrogens (tertiary/aromatic N) is 3. The van der Waals surface area contributed by atoms with Crippen molar-refractivity contribution in [1.82, 2.24) is 9.13 Å². The Morgan fingerprint density at radius 2 is 0.903 bits per heavy atom. The van der Waals surface area contributed by atoms with Gasteiger partial charge in [-0.25, -0.2) is 0 Å². The number of aryl methyl sites for hydroxylation is 1. The molecule has 12 aromatic rings. The molecule has 0 spiro atoms. The van der Waals surface area contributed by atoms with E-state index in [1.165, 1.54) is 119 Å². The van der Waals surface area contributed by atoms with E-state index in [0.717, 1.165) is 47.1 Å². The Labute approximate surface area is 421 Å². The van der Waals surface area contributed by atoms with Gasteiger partial charge in [-0.1, -0.05) is 196 Å². The molecule has 344 valence electrons. The number of benzene rings is 10. The molecule has 0 N–H and O–H groups in total. The Morgan fingerprint density at radius 3 is 1.46 bits per heavy atom. The largest absolute Gasteiger partial charge is 0.458 e. The van der Waals surface area contributed by atoms with Crippen LogP contribution >= 0.6 is 0 Å². The van der Waals surface area contributed by atoms with Gasteiger partial charge in [0.25, 0.3) is 6.71 Å². The first kappa shape index (κ1) is 42.4. The van der Waals surface area contributed by atoms with Gasteiger partial charge >= 0.3 is 0 Å². The van der Waals surface area contributed by atoms with Gasteiger partial charge < -0.3 is 18.8 Å². The minimum atomic E-state index is -0.0907. The Balaban J connectivity index is 1.06. The standard InChI is InChI=1S/C67H52BN3O/c1-2-3-4-5-8-22-45-41-63-66-65(42-45)72-64-44-49(70-60-35-19-15-29-54(60)55-30-16-20-36-61(55)70)38-40-57(64)68(66)56-39-37-48(69-58-33-17-13-27-52(58)53-28-14-18-34-59(53)69)43-62(56)71(63)67-50(46-23-9-6-10-24-46)31-21-32-51(67)47-25-11-7-12-26-47/h6-7,9-21,23-44H,2-5,8,22H2,1H3. The zero-order valence-electron chi connectivity index (χ0n) is 40.4. The maximum absolute atomic E-state index is 7.44. The van der Waals surface area contributed by atoms with Gasteiger partial charge in [0.2, 0.25) is 0 Å². The SMILES string of the molecule is CCCCCCCc1cc2c3c(c1)N(c1c(-c4ccccc4)cccc1-c1ccccc1)c1cc(-n4c5ccccc5c5ccccc54)ccc1B3c1ccc(-n3c4ccccc4c4ccccc43)cc1O2. The molecule has 4 nitrogen and oxygen atoms in total. The lowest BCUT2D eigenvalue weighted by Gasteiger charge is -2.42. The molecule has 0 aliphatic carbocycles. The topological polar surface area (TPSA) is 22.3 Å². The first-order valence-corrected chi connectivity index (χ1v) is 25.9. The number of aromatic nitrogens is 2. The fourth-order valence-corrected chi connectivity index (χ4v) is 12.3. The molecule has 10 aromatic carbocycles. The zero-order chi connectivity index (χ0) is 47.7. The van der Waals surface area contributed by atoms with E-state index >= 15 is 0 Å². The molecule has 2 aliphatic rings. The normalized spacial score (nSPS) is 12.6. The van der Waals surface area contributed by atoms with Crippen LogP contribution in [0.4, 0.5) is 17.1 Å². The Morgan fingerprint density at radius 1 is 0.403 bits per heavy atom. The van der Waals surface area contributed by atoms with Crippen LogP contribution in [0.2, 0.25) is 0 Å². The van der Waals surface area contributed by atoms with Crippen LogP contribution in [0.3, 0.4) is 0 Å². The molecule has 0 unspecified atom stereocenters. The Kier molecular flexibility index (Phi) is 10.2. The van der Waals surface area contributed by atoms with Crippen LogP contribution in [0.15, 0.2) is 224 Å². The van der Waals surface area contributed by atoms with Crippen molar-refractivity contribution in [2.75, 3.05) is 4.90 Å². The molecule has 72 heavy (non-hydrogen) atoms. The molecule has 0 bridgehead atoms. The van der Waals surface area contributed by atoms with E-state index in [1.54, 1.807) is 0 Å². The summed E-state index contributed by atoms with van der Waals surface area (Å²) in [5.74, 6) is 1.84. The lowest BCUT2D eigenvalue weighted by Crippen LogP contribution is -2.59. The van der Waals surface area contributed by atoms with Crippen LogP contribution in [0.5, 0.6) is 11.5 Å². The minimum Gasteiger partial charge on any atom is -0.458 e. The van der Waals surface area contributed by atoms with E-state index in [4.69, 9.17) is 4.74 Å². The third-order valence-corrected chi connectivity index (χ3v) is 15.5. The molecule has 0 saturated carbocycles. The molecule has 0 atom stereocenters. The highest BCUT2D eigenvalue weighted by Crippen LogP contribution is 2.50. The summed E-state index contributed by atoms with van der Waals surface area (Å²) in [6.07, 6.45) is 7.05. The lowest BCUT2D eigenvalue weighted by molar-refractivity contribution is 0.486. The maximum atomic E-state index is 7.44. The average Bonchev–Trinajstić information content (AvgIpc) is 3.96. The average molecular weight is 926 g/mol. The van der Waals surface area contributed by atoms with Gasteiger partial charge in [-0.3, -0.25) is 0 Å². The third-order valence-electron chi connectivity index (χ3n) is 15.5. The molecule has 0 radical (unpaired) electrons. The molecule has 0 fully saturated rings. The molecule has 5 heteroatoms. The fourth-order valence-electron chi connectivity index (χ4n) is 12.3. The molecular weight excluding hydrogens is 874 g/mol. The second-order valence-corrected chi connectivity index (χ2v) is 19.7. The predicted molar refractivity (Wildman–Crippen MR) is 304 cm³/mol. The number of hydrogen-bond acceptors (Lipinski definition) is 2. The summed E-state index contributed by atoms with van der Waals surface area (Å²) < 4.78 is 12.3. The predicted octanol–water partition coefficient (Wildman–Crippen LogP) is 16.1. The van der Waals surface area contributed by atoms with E-state index in [2.05, 4.69) is 245 Å². The summed E-state index contributed by atoms with van der Waals surface area (Å²) >= 11 is 0. The van der Waals surface area contributed by atoms with E-state index < -0.39 is 0 Å². The van der Waals surface area contributed by atoms with Gasteiger partial charge in [-0.15, -0.1) is 0 Å². The molecular formula is C67H52BN3O. The monoisotopic (exact) mass is 925 g/mol. The van der Waals surface area contributed by atoms with Gasteiger partial charge in [0.1, 0.15) is 11.5 Å². The fraction of sp³-hybridized carbons (Fsp3) is 0.104. The van der Waals surface area contributed by atoms with Crippen molar-refractivity contribution in [2.24, 2.45) is 0 Å². The van der Waals surface area contributed by atoms with Gasteiger partial charge in [-0.2, -0.15) is 0 Å². The van der Waals surface area contributed by atoms with Crippen LogP contribution in [-0.2, 0) is 6.42 Å². The van der Waals surface area contributed by atoms with E-state index in [-0.39, 0.29) is 6.71 Å². The van der Waals surface area contributed by atoms with Crippen LogP contribution in [0, 0.1) is 0 Å². The number of hydrogen-bond donors (Lipinski definition) is 0. The molecule has 14 rings (SSSR count). The van der Waals surface area contributed by atoms with Gasteiger partial charge in [0, 0.05) is 61.5 Å². The van der Waals surface area contributed by atoms with Crippen molar-refractivity contribution in [3.63, 3.8) is 0 Å². The van der Waals surface area contributed by atoms with E-state index in [9.17, 15) is 0 Å². The van der Waals surface area contributed by atoms with Crippen molar-refractivity contribution < 1.29 is 4.74 Å². The van der Waals surface area contributed by atoms with Gasteiger partial charge in [0.05, 0.1) is 27.8 Å². The van der Waals surface area contributed by atoms with Crippen LogP contribution in [0.25, 0.3) is 77.2 Å². The first-order valence-electron chi connectivity index (χ1n) is 25.9. The zero-order valence-corrected chi connectivity index (χ0v) is 40.4.